The summed E-state index contributed by atoms with van der Waals surface area (Å²) in [6.07, 6.45) is 8.18. The predicted octanol–water partition coefficient (Wildman–Crippen LogP) is 10.9. The highest BCUT2D eigenvalue weighted by molar-refractivity contribution is 5.83. The van der Waals surface area contributed by atoms with Gasteiger partial charge in [-0.2, -0.15) is 0 Å². The first-order valence-corrected chi connectivity index (χ1v) is 15.2. The Balaban J connectivity index is 1.78. The second kappa shape index (κ2) is 9.73. The lowest BCUT2D eigenvalue weighted by atomic mass is 9.58. The number of fused-ring (bicyclic) bond motifs is 3. The normalized spacial score (nSPS) is 15.2. The van der Waals surface area contributed by atoms with Crippen LogP contribution in [-0.2, 0) is 16.2 Å². The number of allylic oxidation sites excluding steroid dienone is 4. The molecule has 0 spiro atoms. The van der Waals surface area contributed by atoms with E-state index in [0.29, 0.717) is 0 Å². The summed E-state index contributed by atoms with van der Waals surface area (Å²) >= 11 is 0. The van der Waals surface area contributed by atoms with Gasteiger partial charge in [0.2, 0.25) is 0 Å². The number of aryl methyl sites for hydroxylation is 2. The van der Waals surface area contributed by atoms with Crippen LogP contribution in [0.5, 0.6) is 0 Å². The van der Waals surface area contributed by atoms with E-state index in [1.165, 1.54) is 61.2 Å². The standard InChI is InChI=1S/C41H44/c1-27-13-17-30(18-14-27)41(29-11-9-10-12-29,31-19-15-28(2)16-20-31)38-36-25-32(39(3,4)5)21-23-34(36)35-24-22-33(26-37(35)38)40(6,7)8/h9,11-26,38H,10H2,1-8H3. The van der Waals surface area contributed by atoms with Crippen LogP contribution in [0.25, 0.3) is 11.1 Å². The molecule has 0 saturated carbocycles. The quantitative estimate of drug-likeness (QED) is 0.243. The Labute approximate surface area is 247 Å². The molecule has 0 nitrogen and oxygen atoms in total. The van der Waals surface area contributed by atoms with E-state index in [-0.39, 0.29) is 22.2 Å². The van der Waals surface area contributed by atoms with Crippen LogP contribution in [0.1, 0.15) is 98.4 Å². The van der Waals surface area contributed by atoms with Gasteiger partial charge in [0.05, 0.1) is 5.41 Å². The van der Waals surface area contributed by atoms with E-state index in [4.69, 9.17) is 0 Å². The summed E-state index contributed by atoms with van der Waals surface area (Å²) in [7, 11) is 0. The molecule has 0 radical (unpaired) electrons. The van der Waals surface area contributed by atoms with Crippen LogP contribution in [0.15, 0.2) is 109 Å². The molecule has 2 aliphatic rings. The van der Waals surface area contributed by atoms with E-state index >= 15 is 0 Å². The van der Waals surface area contributed by atoms with Crippen LogP contribution >= 0.6 is 0 Å². The molecule has 0 N–H and O–H groups in total. The molecule has 0 amide bonds. The first-order valence-electron chi connectivity index (χ1n) is 15.2. The molecule has 0 atom stereocenters. The van der Waals surface area contributed by atoms with E-state index in [0.717, 1.165) is 6.42 Å². The molecule has 0 unspecified atom stereocenters. The van der Waals surface area contributed by atoms with Gasteiger partial charge in [0.25, 0.3) is 0 Å². The van der Waals surface area contributed by atoms with Gasteiger partial charge < -0.3 is 0 Å². The van der Waals surface area contributed by atoms with Gasteiger partial charge in [0.15, 0.2) is 0 Å². The molecule has 0 heterocycles. The van der Waals surface area contributed by atoms with Crippen LogP contribution in [0, 0.1) is 13.8 Å². The zero-order valence-electron chi connectivity index (χ0n) is 26.1. The van der Waals surface area contributed by atoms with Crippen molar-refractivity contribution in [1.82, 2.24) is 0 Å². The zero-order valence-corrected chi connectivity index (χ0v) is 26.1. The SMILES string of the molecule is Cc1ccc(C(C2=CCC=C2)(c2ccc(C)cc2)C2c3cc(C(C)(C)C)ccc3-c3ccc(C(C)(C)C)cc32)cc1. The lowest BCUT2D eigenvalue weighted by Crippen LogP contribution is -2.37. The van der Waals surface area contributed by atoms with Gasteiger partial charge in [0.1, 0.15) is 0 Å². The highest BCUT2D eigenvalue weighted by Gasteiger charge is 2.50. The van der Waals surface area contributed by atoms with E-state index in [1.807, 2.05) is 0 Å². The van der Waals surface area contributed by atoms with Crippen LogP contribution in [0.4, 0.5) is 0 Å². The van der Waals surface area contributed by atoms with Crippen LogP contribution < -0.4 is 0 Å². The Morgan fingerprint density at radius 2 is 0.951 bits per heavy atom. The van der Waals surface area contributed by atoms with Crippen molar-refractivity contribution in [3.05, 3.63) is 153 Å². The lowest BCUT2D eigenvalue weighted by molar-refractivity contribution is 0.537. The van der Waals surface area contributed by atoms with Crippen molar-refractivity contribution in [2.75, 3.05) is 0 Å². The molecule has 0 bridgehead atoms. The fourth-order valence-corrected chi connectivity index (χ4v) is 7.04. The third-order valence-corrected chi connectivity index (χ3v) is 9.42. The molecule has 0 heteroatoms. The maximum atomic E-state index is 2.53. The van der Waals surface area contributed by atoms with Crippen molar-refractivity contribution >= 4 is 0 Å². The molecular weight excluding hydrogens is 492 g/mol. The predicted molar refractivity (Wildman–Crippen MR) is 176 cm³/mol. The average Bonchev–Trinajstić information content (AvgIpc) is 3.57. The van der Waals surface area contributed by atoms with Crippen molar-refractivity contribution in [3.63, 3.8) is 0 Å². The smallest absolute Gasteiger partial charge is 0.0557 e. The molecule has 6 rings (SSSR count). The molecule has 2 aliphatic carbocycles. The fourth-order valence-electron chi connectivity index (χ4n) is 7.04. The van der Waals surface area contributed by atoms with Crippen molar-refractivity contribution in [2.45, 2.75) is 84.0 Å². The zero-order chi connectivity index (χ0) is 29.2. The fraction of sp³-hybridized carbons (Fsp3) is 0.317. The highest BCUT2D eigenvalue weighted by Crippen LogP contribution is 2.60. The monoisotopic (exact) mass is 536 g/mol. The summed E-state index contributed by atoms with van der Waals surface area (Å²) < 4.78 is 0. The van der Waals surface area contributed by atoms with Crippen LogP contribution in [0.3, 0.4) is 0 Å². The van der Waals surface area contributed by atoms with E-state index < -0.39 is 0 Å². The number of hydrogen-bond acceptors (Lipinski definition) is 0. The number of benzene rings is 4. The molecule has 4 aromatic rings. The van der Waals surface area contributed by atoms with Crippen molar-refractivity contribution < 1.29 is 0 Å². The van der Waals surface area contributed by atoms with Gasteiger partial charge in [-0.15, -0.1) is 0 Å². The Kier molecular flexibility index (Phi) is 6.53. The summed E-state index contributed by atoms with van der Waals surface area (Å²) in [5, 5.41) is 0. The topological polar surface area (TPSA) is 0 Å². The summed E-state index contributed by atoms with van der Waals surface area (Å²) in [6, 6.07) is 33.3. The summed E-state index contributed by atoms with van der Waals surface area (Å²) in [5.74, 6) is 0.136. The van der Waals surface area contributed by atoms with E-state index in [9.17, 15) is 0 Å². The van der Waals surface area contributed by atoms with Crippen molar-refractivity contribution in [3.8, 4) is 11.1 Å². The van der Waals surface area contributed by atoms with Gasteiger partial charge in [-0.25, -0.2) is 0 Å². The Hall–Kier alpha value is -3.64. The molecule has 4 aromatic carbocycles. The summed E-state index contributed by atoms with van der Waals surface area (Å²) in [6.45, 7) is 18.4. The van der Waals surface area contributed by atoms with Gasteiger partial charge in [-0.3, -0.25) is 0 Å². The Morgan fingerprint density at radius 3 is 1.32 bits per heavy atom. The Bertz CT molecular complexity index is 1550. The Morgan fingerprint density at radius 1 is 0.537 bits per heavy atom. The number of hydrogen-bond donors (Lipinski definition) is 0. The molecule has 208 valence electrons. The maximum Gasteiger partial charge on any atom is 0.0557 e. The first kappa shape index (κ1) is 27.5. The average molecular weight is 537 g/mol. The molecule has 0 aliphatic heterocycles. The summed E-state index contributed by atoms with van der Waals surface area (Å²) in [5.41, 5.74) is 14.9. The van der Waals surface area contributed by atoms with Crippen molar-refractivity contribution in [2.24, 2.45) is 0 Å². The summed E-state index contributed by atoms with van der Waals surface area (Å²) in [4.78, 5) is 0. The molecule has 0 aromatic heterocycles. The van der Waals surface area contributed by atoms with Gasteiger partial charge in [0, 0.05) is 5.92 Å². The third kappa shape index (κ3) is 4.53. The minimum absolute atomic E-state index is 0.0633. The number of rotatable bonds is 4. The minimum atomic E-state index is -0.374. The first-order chi connectivity index (χ1) is 19.4. The molecule has 0 saturated heterocycles. The van der Waals surface area contributed by atoms with Crippen LogP contribution in [-0.4, -0.2) is 0 Å². The highest BCUT2D eigenvalue weighted by atomic mass is 14.5. The minimum Gasteiger partial charge on any atom is -0.0804 e. The molecule has 0 fully saturated rings. The van der Waals surface area contributed by atoms with Gasteiger partial charge in [-0.1, -0.05) is 156 Å². The van der Waals surface area contributed by atoms with Crippen LogP contribution in [0.2, 0.25) is 0 Å². The largest absolute Gasteiger partial charge is 0.0804 e. The van der Waals surface area contributed by atoms with E-state index in [1.54, 1.807) is 0 Å². The third-order valence-electron chi connectivity index (χ3n) is 9.42. The second-order valence-electron chi connectivity index (χ2n) is 14.4. The van der Waals surface area contributed by atoms with Gasteiger partial charge in [-0.05, 0) is 81.2 Å². The second-order valence-corrected chi connectivity index (χ2v) is 14.4. The molecular formula is C41H44. The van der Waals surface area contributed by atoms with Crippen molar-refractivity contribution in [1.29, 1.82) is 0 Å². The molecule has 41 heavy (non-hydrogen) atoms. The maximum absolute atomic E-state index is 2.53. The lowest BCUT2D eigenvalue weighted by Gasteiger charge is -2.43. The van der Waals surface area contributed by atoms with E-state index in [2.05, 4.69) is 159 Å². The van der Waals surface area contributed by atoms with Gasteiger partial charge >= 0.3 is 0 Å².